The zero-order valence-corrected chi connectivity index (χ0v) is 8.34. The van der Waals surface area contributed by atoms with Gasteiger partial charge in [0.15, 0.2) is 0 Å². The van der Waals surface area contributed by atoms with Crippen LogP contribution in [0.4, 0.5) is 22.4 Å². The number of hydrogen-bond donors (Lipinski definition) is 1. The molecule has 0 aliphatic carbocycles. The van der Waals surface area contributed by atoms with Crippen molar-refractivity contribution in [1.29, 1.82) is 0 Å². The minimum Gasteiger partial charge on any atom is -0.447 e. The number of carbonyl (C=O) groups is 1. The lowest BCUT2D eigenvalue weighted by Crippen LogP contribution is -2.19. The maximum Gasteiger partial charge on any atom is 0.419 e. The highest BCUT2D eigenvalue weighted by molar-refractivity contribution is 5.70. The highest BCUT2D eigenvalue weighted by Crippen LogP contribution is 2.32. The first-order valence-electron chi connectivity index (χ1n) is 4.68. The first-order chi connectivity index (χ1) is 7.88. The third kappa shape index (κ3) is 2.32. The maximum absolute atomic E-state index is 13.2. The Morgan fingerprint density at radius 3 is 2.53 bits per heavy atom. The molecule has 7 heteroatoms. The summed E-state index contributed by atoms with van der Waals surface area (Å²) in [5.41, 5.74) is -1.09. The molecule has 0 saturated carbocycles. The van der Waals surface area contributed by atoms with E-state index in [4.69, 9.17) is 0 Å². The number of benzene rings is 1. The van der Waals surface area contributed by atoms with Crippen LogP contribution in [0, 0.1) is 5.82 Å². The average Bonchev–Trinajstić information content (AvgIpc) is 2.62. The van der Waals surface area contributed by atoms with E-state index in [9.17, 15) is 22.4 Å². The SMILES string of the molecule is O=C1N[C@@H](c2ccc(C(F)(F)F)c(F)c2)CO1. The second-order valence-corrected chi connectivity index (χ2v) is 3.53. The summed E-state index contributed by atoms with van der Waals surface area (Å²) in [6.07, 6.45) is -5.40. The monoisotopic (exact) mass is 249 g/mol. The number of ether oxygens (including phenoxy) is 1. The predicted octanol–water partition coefficient (Wildman–Crippen LogP) is 2.63. The molecule has 1 amide bonds. The van der Waals surface area contributed by atoms with Gasteiger partial charge in [0.05, 0.1) is 11.6 Å². The van der Waals surface area contributed by atoms with Gasteiger partial charge in [-0.3, -0.25) is 0 Å². The van der Waals surface area contributed by atoms with E-state index >= 15 is 0 Å². The highest BCUT2D eigenvalue weighted by Gasteiger charge is 2.34. The molecule has 17 heavy (non-hydrogen) atoms. The minimum absolute atomic E-state index is 0.0242. The van der Waals surface area contributed by atoms with Gasteiger partial charge in [0.25, 0.3) is 0 Å². The molecule has 0 bridgehead atoms. The van der Waals surface area contributed by atoms with Gasteiger partial charge in [-0.05, 0) is 17.7 Å². The van der Waals surface area contributed by atoms with Crippen molar-refractivity contribution in [2.24, 2.45) is 0 Å². The fourth-order valence-corrected chi connectivity index (χ4v) is 1.54. The summed E-state index contributed by atoms with van der Waals surface area (Å²) >= 11 is 0. The van der Waals surface area contributed by atoms with E-state index in [1.54, 1.807) is 0 Å². The Labute approximate surface area is 93.4 Å². The van der Waals surface area contributed by atoms with E-state index < -0.39 is 29.7 Å². The molecule has 0 radical (unpaired) electrons. The van der Waals surface area contributed by atoms with Gasteiger partial charge in [0.2, 0.25) is 0 Å². The van der Waals surface area contributed by atoms with Crippen LogP contribution in [-0.2, 0) is 10.9 Å². The molecule has 0 spiro atoms. The van der Waals surface area contributed by atoms with Crippen LogP contribution < -0.4 is 5.32 Å². The van der Waals surface area contributed by atoms with Crippen LogP contribution in [0.1, 0.15) is 17.2 Å². The van der Waals surface area contributed by atoms with Crippen molar-refractivity contribution in [1.82, 2.24) is 5.32 Å². The molecule has 0 unspecified atom stereocenters. The lowest BCUT2D eigenvalue weighted by Gasteiger charge is -2.11. The lowest BCUT2D eigenvalue weighted by atomic mass is 10.1. The van der Waals surface area contributed by atoms with Crippen LogP contribution in [0.15, 0.2) is 18.2 Å². The van der Waals surface area contributed by atoms with Gasteiger partial charge in [-0.25, -0.2) is 9.18 Å². The molecule has 1 aromatic carbocycles. The molecule has 1 aromatic rings. The van der Waals surface area contributed by atoms with Gasteiger partial charge in [-0.1, -0.05) is 6.07 Å². The molecule has 1 N–H and O–H groups in total. The molecule has 0 aromatic heterocycles. The molecule has 1 saturated heterocycles. The van der Waals surface area contributed by atoms with E-state index in [1.165, 1.54) is 0 Å². The summed E-state index contributed by atoms with van der Waals surface area (Å²) in [7, 11) is 0. The lowest BCUT2D eigenvalue weighted by molar-refractivity contribution is -0.140. The van der Waals surface area contributed by atoms with Gasteiger partial charge in [0, 0.05) is 0 Å². The van der Waals surface area contributed by atoms with E-state index in [0.29, 0.717) is 6.07 Å². The van der Waals surface area contributed by atoms with Crippen molar-refractivity contribution in [2.45, 2.75) is 12.2 Å². The number of cyclic esters (lactones) is 1. The second kappa shape index (κ2) is 3.90. The molecule has 1 aliphatic rings. The van der Waals surface area contributed by atoms with Crippen molar-refractivity contribution >= 4 is 6.09 Å². The van der Waals surface area contributed by atoms with E-state index in [-0.39, 0.29) is 12.2 Å². The number of alkyl halides is 3. The Morgan fingerprint density at radius 2 is 2.06 bits per heavy atom. The summed E-state index contributed by atoms with van der Waals surface area (Å²) in [4.78, 5) is 10.7. The Hall–Kier alpha value is -1.79. The quantitative estimate of drug-likeness (QED) is 0.777. The maximum atomic E-state index is 13.2. The normalized spacial score (nSPS) is 20.0. The van der Waals surface area contributed by atoms with Gasteiger partial charge in [0.1, 0.15) is 12.4 Å². The van der Waals surface area contributed by atoms with Crippen LogP contribution in [0.3, 0.4) is 0 Å². The zero-order chi connectivity index (χ0) is 12.6. The highest BCUT2D eigenvalue weighted by atomic mass is 19.4. The molecular formula is C10H7F4NO2. The third-order valence-corrected chi connectivity index (χ3v) is 2.37. The predicted molar refractivity (Wildman–Crippen MR) is 48.6 cm³/mol. The van der Waals surface area contributed by atoms with Crippen molar-refractivity contribution < 1.29 is 27.1 Å². The van der Waals surface area contributed by atoms with Crippen molar-refractivity contribution in [3.8, 4) is 0 Å². The molecule has 1 atom stereocenters. The van der Waals surface area contributed by atoms with Crippen LogP contribution in [0.5, 0.6) is 0 Å². The van der Waals surface area contributed by atoms with Crippen LogP contribution >= 0.6 is 0 Å². The van der Waals surface area contributed by atoms with Crippen molar-refractivity contribution in [3.05, 3.63) is 35.1 Å². The first kappa shape index (κ1) is 11.7. The summed E-state index contributed by atoms with van der Waals surface area (Å²) in [5, 5.41) is 2.35. The van der Waals surface area contributed by atoms with Gasteiger partial charge >= 0.3 is 12.3 Å². The topological polar surface area (TPSA) is 38.3 Å². The Bertz CT molecular complexity index is 458. The van der Waals surface area contributed by atoms with E-state index in [0.717, 1.165) is 12.1 Å². The molecule has 92 valence electrons. The Morgan fingerprint density at radius 1 is 1.35 bits per heavy atom. The standard InChI is InChI=1S/C10H7F4NO2/c11-7-3-5(8-4-17-9(16)15-8)1-2-6(7)10(12,13)14/h1-3,8H,4H2,(H,15,16)/t8-/m1/s1. The smallest absolute Gasteiger partial charge is 0.419 e. The fourth-order valence-electron chi connectivity index (χ4n) is 1.54. The van der Waals surface area contributed by atoms with E-state index in [1.807, 2.05) is 0 Å². The Kier molecular flexibility index (Phi) is 2.68. The average molecular weight is 249 g/mol. The molecule has 2 rings (SSSR count). The Balaban J connectivity index is 2.28. The number of nitrogens with one attached hydrogen (secondary N) is 1. The molecule has 1 fully saturated rings. The summed E-state index contributed by atoms with van der Waals surface area (Å²) in [6.45, 7) is -0.0242. The van der Waals surface area contributed by atoms with E-state index in [2.05, 4.69) is 10.1 Å². The molecule has 3 nitrogen and oxygen atoms in total. The van der Waals surface area contributed by atoms with Crippen LogP contribution in [0.25, 0.3) is 0 Å². The number of carbonyl (C=O) groups excluding carboxylic acids is 1. The van der Waals surface area contributed by atoms with Crippen LogP contribution in [0.2, 0.25) is 0 Å². The zero-order valence-electron chi connectivity index (χ0n) is 8.34. The van der Waals surface area contributed by atoms with Crippen molar-refractivity contribution in [3.63, 3.8) is 0 Å². The minimum atomic E-state index is -4.72. The largest absolute Gasteiger partial charge is 0.447 e. The third-order valence-electron chi connectivity index (χ3n) is 2.37. The number of halogens is 4. The number of hydrogen-bond acceptors (Lipinski definition) is 2. The molecule has 1 aliphatic heterocycles. The van der Waals surface area contributed by atoms with Gasteiger partial charge in [-0.15, -0.1) is 0 Å². The number of rotatable bonds is 1. The summed E-state index contributed by atoms with van der Waals surface area (Å²) in [5.74, 6) is -1.36. The number of alkyl carbamates (subject to hydrolysis) is 1. The van der Waals surface area contributed by atoms with Gasteiger partial charge in [-0.2, -0.15) is 13.2 Å². The molecular weight excluding hydrogens is 242 g/mol. The summed E-state index contributed by atoms with van der Waals surface area (Å²) < 4.78 is 54.6. The summed E-state index contributed by atoms with van der Waals surface area (Å²) in [6, 6.07) is 1.91. The van der Waals surface area contributed by atoms with Crippen LogP contribution in [-0.4, -0.2) is 12.7 Å². The fraction of sp³-hybridized carbons (Fsp3) is 0.300. The first-order valence-corrected chi connectivity index (χ1v) is 4.68. The second-order valence-electron chi connectivity index (χ2n) is 3.53. The van der Waals surface area contributed by atoms with Gasteiger partial charge < -0.3 is 10.1 Å². The number of amides is 1. The van der Waals surface area contributed by atoms with Crippen molar-refractivity contribution in [2.75, 3.05) is 6.61 Å². The molecule has 1 heterocycles.